The van der Waals surface area contributed by atoms with Gasteiger partial charge in [-0.2, -0.15) is 0 Å². The summed E-state index contributed by atoms with van der Waals surface area (Å²) in [5.41, 5.74) is 0.129. The predicted octanol–water partition coefficient (Wildman–Crippen LogP) is 2.22. The van der Waals surface area contributed by atoms with Crippen molar-refractivity contribution in [3.63, 3.8) is 0 Å². The van der Waals surface area contributed by atoms with E-state index in [2.05, 4.69) is 15.2 Å². The van der Waals surface area contributed by atoms with Crippen LogP contribution in [0.1, 0.15) is 49.2 Å². The van der Waals surface area contributed by atoms with Gasteiger partial charge in [-0.25, -0.2) is 4.98 Å². The van der Waals surface area contributed by atoms with E-state index in [-0.39, 0.29) is 0 Å². The number of aromatic nitrogens is 1. The number of thiazole rings is 1. The molecular formula is C20H33N3O3S. The molecule has 3 aliphatic heterocycles. The second-order valence-corrected chi connectivity index (χ2v) is 9.20. The lowest BCUT2D eigenvalue weighted by Gasteiger charge is -2.42. The maximum atomic E-state index is 11.2. The number of hydrogen-bond acceptors (Lipinski definition) is 7. The van der Waals surface area contributed by atoms with E-state index in [4.69, 9.17) is 14.5 Å². The van der Waals surface area contributed by atoms with E-state index >= 15 is 0 Å². The molecule has 0 bridgehead atoms. The van der Waals surface area contributed by atoms with Crippen LogP contribution in [0.2, 0.25) is 0 Å². The largest absolute Gasteiger partial charge is 0.383 e. The summed E-state index contributed by atoms with van der Waals surface area (Å²) in [5, 5.41) is 14.4. The highest BCUT2D eigenvalue weighted by molar-refractivity contribution is 7.09. The Morgan fingerprint density at radius 2 is 2.04 bits per heavy atom. The molecule has 0 aromatic carbocycles. The highest BCUT2D eigenvalue weighted by atomic mass is 32.1. The Morgan fingerprint density at radius 3 is 2.78 bits per heavy atom. The molecule has 4 heterocycles. The Bertz CT molecular complexity index is 597. The SMILES string of the molecule is COC[C@H]1CCCN1Cc1nc(C2(O)CCN(C3CCOCC3)CC2)cs1. The van der Waals surface area contributed by atoms with Gasteiger partial charge in [0.1, 0.15) is 10.6 Å². The van der Waals surface area contributed by atoms with Crippen molar-refractivity contribution < 1.29 is 14.6 Å². The Morgan fingerprint density at radius 1 is 1.26 bits per heavy atom. The molecule has 4 rings (SSSR count). The molecule has 152 valence electrons. The van der Waals surface area contributed by atoms with E-state index < -0.39 is 5.60 Å². The zero-order valence-electron chi connectivity index (χ0n) is 16.4. The fourth-order valence-electron chi connectivity index (χ4n) is 4.82. The van der Waals surface area contributed by atoms with Crippen molar-refractivity contribution >= 4 is 11.3 Å². The number of likely N-dealkylation sites (tertiary alicyclic amines) is 2. The molecule has 3 fully saturated rings. The van der Waals surface area contributed by atoms with Crippen LogP contribution in [0, 0.1) is 0 Å². The van der Waals surface area contributed by atoms with Crippen molar-refractivity contribution in [2.75, 3.05) is 46.6 Å². The van der Waals surface area contributed by atoms with Crippen molar-refractivity contribution in [1.29, 1.82) is 0 Å². The number of methoxy groups -OCH3 is 1. The van der Waals surface area contributed by atoms with Crippen LogP contribution in [0.4, 0.5) is 0 Å². The van der Waals surface area contributed by atoms with Crippen molar-refractivity contribution in [1.82, 2.24) is 14.8 Å². The summed E-state index contributed by atoms with van der Waals surface area (Å²) in [5.74, 6) is 0. The van der Waals surface area contributed by atoms with E-state index in [1.807, 2.05) is 0 Å². The molecule has 27 heavy (non-hydrogen) atoms. The normalized spacial score (nSPS) is 28.0. The van der Waals surface area contributed by atoms with Gasteiger partial charge in [-0.05, 0) is 45.1 Å². The molecule has 6 nitrogen and oxygen atoms in total. The predicted molar refractivity (Wildman–Crippen MR) is 106 cm³/mol. The van der Waals surface area contributed by atoms with E-state index in [1.54, 1.807) is 18.4 Å². The summed E-state index contributed by atoms with van der Waals surface area (Å²) >= 11 is 1.69. The van der Waals surface area contributed by atoms with E-state index in [0.29, 0.717) is 12.1 Å². The van der Waals surface area contributed by atoms with Gasteiger partial charge >= 0.3 is 0 Å². The Labute approximate surface area is 166 Å². The number of rotatable bonds is 6. The first-order chi connectivity index (χ1) is 13.2. The summed E-state index contributed by atoms with van der Waals surface area (Å²) in [7, 11) is 1.78. The quantitative estimate of drug-likeness (QED) is 0.797. The van der Waals surface area contributed by atoms with E-state index in [9.17, 15) is 5.11 Å². The summed E-state index contributed by atoms with van der Waals surface area (Å²) in [6.07, 6.45) is 6.25. The molecule has 0 radical (unpaired) electrons. The monoisotopic (exact) mass is 395 g/mol. The molecule has 0 amide bonds. The first-order valence-electron chi connectivity index (χ1n) is 10.4. The molecule has 1 N–H and O–H groups in total. The van der Waals surface area contributed by atoms with Gasteiger partial charge in [0.2, 0.25) is 0 Å². The van der Waals surface area contributed by atoms with Gasteiger partial charge < -0.3 is 14.6 Å². The number of piperidine rings is 1. The van der Waals surface area contributed by atoms with Crippen LogP contribution in [-0.2, 0) is 21.6 Å². The number of nitrogens with zero attached hydrogens (tertiary/aromatic N) is 3. The smallest absolute Gasteiger partial charge is 0.110 e. The molecule has 0 aliphatic carbocycles. The van der Waals surface area contributed by atoms with E-state index in [0.717, 1.165) is 82.4 Å². The standard InChI is InChI=1S/C20H33N3O3S/c1-25-14-17-3-2-8-23(17)13-19-21-18(15-27-19)20(24)6-9-22(10-7-20)16-4-11-26-12-5-16/h15-17,24H,2-14H2,1H3/t17-/m1/s1. The molecule has 0 saturated carbocycles. The Balaban J connectivity index is 1.34. The highest BCUT2D eigenvalue weighted by Crippen LogP contribution is 2.35. The van der Waals surface area contributed by atoms with Crippen LogP contribution < -0.4 is 0 Å². The van der Waals surface area contributed by atoms with Crippen molar-refractivity contribution in [3.8, 4) is 0 Å². The third-order valence-corrected chi connectivity index (χ3v) is 7.39. The first-order valence-corrected chi connectivity index (χ1v) is 11.3. The van der Waals surface area contributed by atoms with Crippen molar-refractivity contribution in [2.24, 2.45) is 0 Å². The third-order valence-electron chi connectivity index (χ3n) is 6.56. The van der Waals surface area contributed by atoms with Crippen LogP contribution in [0.5, 0.6) is 0 Å². The average molecular weight is 396 g/mol. The number of hydrogen-bond donors (Lipinski definition) is 1. The molecular weight excluding hydrogens is 362 g/mol. The maximum Gasteiger partial charge on any atom is 0.110 e. The van der Waals surface area contributed by atoms with Gasteiger partial charge in [-0.3, -0.25) is 9.80 Å². The minimum Gasteiger partial charge on any atom is -0.383 e. The molecule has 1 atom stereocenters. The Hall–Kier alpha value is -0.570. The molecule has 7 heteroatoms. The van der Waals surface area contributed by atoms with Gasteiger partial charge in [0, 0.05) is 50.9 Å². The van der Waals surface area contributed by atoms with Crippen LogP contribution in [0.3, 0.4) is 0 Å². The molecule has 0 unspecified atom stereocenters. The maximum absolute atomic E-state index is 11.2. The van der Waals surface area contributed by atoms with Crippen molar-refractivity contribution in [3.05, 3.63) is 16.1 Å². The fraction of sp³-hybridized carbons (Fsp3) is 0.850. The fourth-order valence-corrected chi connectivity index (χ4v) is 5.73. The lowest BCUT2D eigenvalue weighted by molar-refractivity contribution is -0.0525. The minimum absolute atomic E-state index is 0.508. The van der Waals surface area contributed by atoms with Gasteiger partial charge in [-0.15, -0.1) is 11.3 Å². The molecule has 1 aromatic rings. The zero-order valence-corrected chi connectivity index (χ0v) is 17.3. The van der Waals surface area contributed by atoms with Gasteiger partial charge in [0.05, 0.1) is 18.8 Å². The average Bonchev–Trinajstić information content (AvgIpc) is 3.34. The van der Waals surface area contributed by atoms with Gasteiger partial charge in [0.25, 0.3) is 0 Å². The van der Waals surface area contributed by atoms with E-state index in [1.165, 1.54) is 12.8 Å². The van der Waals surface area contributed by atoms with Crippen LogP contribution >= 0.6 is 11.3 Å². The first kappa shape index (κ1) is 19.7. The van der Waals surface area contributed by atoms with Crippen LogP contribution in [0.15, 0.2) is 5.38 Å². The lowest BCUT2D eigenvalue weighted by atomic mass is 9.87. The summed E-state index contributed by atoms with van der Waals surface area (Å²) in [4.78, 5) is 9.87. The zero-order chi connectivity index (χ0) is 18.7. The number of ether oxygens (including phenoxy) is 2. The van der Waals surface area contributed by atoms with Crippen LogP contribution in [-0.4, -0.2) is 78.5 Å². The summed E-state index contributed by atoms with van der Waals surface area (Å²) in [6.45, 7) is 6.45. The molecule has 1 aromatic heterocycles. The highest BCUT2D eigenvalue weighted by Gasteiger charge is 2.38. The molecule has 3 saturated heterocycles. The second-order valence-electron chi connectivity index (χ2n) is 8.26. The Kier molecular flexibility index (Phi) is 6.46. The number of aliphatic hydroxyl groups is 1. The topological polar surface area (TPSA) is 58.1 Å². The summed E-state index contributed by atoms with van der Waals surface area (Å²) < 4.78 is 10.8. The lowest BCUT2D eigenvalue weighted by Crippen LogP contribution is -2.48. The van der Waals surface area contributed by atoms with Gasteiger partial charge in [-0.1, -0.05) is 0 Å². The third kappa shape index (κ3) is 4.54. The van der Waals surface area contributed by atoms with Crippen LogP contribution in [0.25, 0.3) is 0 Å². The summed E-state index contributed by atoms with van der Waals surface area (Å²) in [6, 6.07) is 1.13. The molecule has 3 aliphatic rings. The molecule has 0 spiro atoms. The van der Waals surface area contributed by atoms with Crippen molar-refractivity contribution in [2.45, 2.75) is 62.8 Å². The minimum atomic E-state index is -0.757. The second kappa shape index (κ2) is 8.84. The van der Waals surface area contributed by atoms with Gasteiger partial charge in [0.15, 0.2) is 0 Å².